The van der Waals surface area contributed by atoms with Gasteiger partial charge in [-0.2, -0.15) is 0 Å². The lowest BCUT2D eigenvalue weighted by molar-refractivity contribution is -0.142. The second-order valence-electron chi connectivity index (χ2n) is 5.75. The van der Waals surface area contributed by atoms with Crippen molar-refractivity contribution in [1.29, 1.82) is 0 Å². The van der Waals surface area contributed by atoms with Crippen molar-refractivity contribution in [3.63, 3.8) is 0 Å². The van der Waals surface area contributed by atoms with E-state index >= 15 is 0 Å². The number of likely N-dealkylation sites (tertiary alicyclic amines) is 1. The van der Waals surface area contributed by atoms with E-state index in [2.05, 4.69) is 28.9 Å². The second-order valence-corrected chi connectivity index (χ2v) is 5.75. The number of nitrogens with zero attached hydrogens (tertiary/aromatic N) is 2. The van der Waals surface area contributed by atoms with Crippen molar-refractivity contribution in [3.8, 4) is 0 Å². The number of carboxylic acid groups (broad SMARTS) is 1. The molecule has 1 N–H and O–H groups in total. The number of carbonyl (C=O) groups is 1. The van der Waals surface area contributed by atoms with Gasteiger partial charge in [0.25, 0.3) is 0 Å². The van der Waals surface area contributed by atoms with Gasteiger partial charge in [-0.25, -0.2) is 0 Å². The molecule has 2 atom stereocenters. The lowest BCUT2D eigenvalue weighted by Crippen LogP contribution is -2.39. The first-order valence-corrected chi connectivity index (χ1v) is 7.63. The minimum atomic E-state index is -0.744. The molecule has 0 spiro atoms. The molecule has 4 nitrogen and oxygen atoms in total. The molecule has 1 aromatic carbocycles. The molecule has 1 fully saturated rings. The molecule has 22 heavy (non-hydrogen) atoms. The molecule has 4 heteroatoms. The summed E-state index contributed by atoms with van der Waals surface area (Å²) in [7, 11) is 0. The monoisotopic (exact) mass is 296 g/mol. The number of benzene rings is 1. The van der Waals surface area contributed by atoms with Crippen LogP contribution >= 0.6 is 0 Å². The van der Waals surface area contributed by atoms with Crippen LogP contribution in [0.15, 0.2) is 48.7 Å². The van der Waals surface area contributed by atoms with Crippen molar-refractivity contribution < 1.29 is 9.90 Å². The molecule has 0 aliphatic carbocycles. The van der Waals surface area contributed by atoms with Gasteiger partial charge in [0.1, 0.15) is 6.04 Å². The molecule has 2 heterocycles. The lowest BCUT2D eigenvalue weighted by atomic mass is 9.96. The van der Waals surface area contributed by atoms with Crippen LogP contribution in [0, 0.1) is 6.92 Å². The van der Waals surface area contributed by atoms with Crippen LogP contribution in [0.2, 0.25) is 0 Å². The van der Waals surface area contributed by atoms with Gasteiger partial charge in [0.2, 0.25) is 0 Å². The topological polar surface area (TPSA) is 53.4 Å². The molecule has 1 saturated heterocycles. The summed E-state index contributed by atoms with van der Waals surface area (Å²) in [6, 6.07) is 13.4. The lowest BCUT2D eigenvalue weighted by Gasteiger charge is -2.32. The summed E-state index contributed by atoms with van der Waals surface area (Å²) >= 11 is 0. The first kappa shape index (κ1) is 14.7. The predicted octanol–water partition coefficient (Wildman–Crippen LogP) is 3.03. The molecule has 0 amide bonds. The highest BCUT2D eigenvalue weighted by molar-refractivity contribution is 5.74. The fraction of sp³-hybridized carbons (Fsp3) is 0.333. The van der Waals surface area contributed by atoms with E-state index in [-0.39, 0.29) is 6.04 Å². The summed E-state index contributed by atoms with van der Waals surface area (Å²) in [5.41, 5.74) is 3.20. The van der Waals surface area contributed by atoms with Crippen LogP contribution in [0.1, 0.15) is 35.7 Å². The zero-order valence-electron chi connectivity index (χ0n) is 12.6. The summed E-state index contributed by atoms with van der Waals surface area (Å²) in [6.07, 6.45) is 3.38. The number of aryl methyl sites for hydroxylation is 1. The fourth-order valence-corrected chi connectivity index (χ4v) is 3.30. The zero-order chi connectivity index (χ0) is 15.5. The molecular weight excluding hydrogens is 276 g/mol. The molecule has 0 bridgehead atoms. The first-order chi connectivity index (χ1) is 10.7. The van der Waals surface area contributed by atoms with Crippen LogP contribution in [0.3, 0.4) is 0 Å². The van der Waals surface area contributed by atoms with Crippen molar-refractivity contribution in [2.24, 2.45) is 0 Å². The van der Waals surface area contributed by atoms with Gasteiger partial charge in [-0.1, -0.05) is 30.3 Å². The highest BCUT2D eigenvalue weighted by Gasteiger charge is 2.37. The van der Waals surface area contributed by atoms with Gasteiger partial charge in [0.15, 0.2) is 0 Å². The Kier molecular flexibility index (Phi) is 4.20. The smallest absolute Gasteiger partial charge is 0.320 e. The minimum absolute atomic E-state index is 0.106. The molecular formula is C18H20N2O2. The Bertz CT molecular complexity index is 657. The summed E-state index contributed by atoms with van der Waals surface area (Å²) < 4.78 is 0. The van der Waals surface area contributed by atoms with Crippen molar-refractivity contribution in [3.05, 3.63) is 65.5 Å². The van der Waals surface area contributed by atoms with Crippen molar-refractivity contribution in [2.45, 2.75) is 31.8 Å². The molecule has 1 aliphatic rings. The van der Waals surface area contributed by atoms with E-state index < -0.39 is 12.0 Å². The van der Waals surface area contributed by atoms with Crippen LogP contribution < -0.4 is 0 Å². The van der Waals surface area contributed by atoms with Gasteiger partial charge < -0.3 is 5.11 Å². The third-order valence-corrected chi connectivity index (χ3v) is 4.36. The molecule has 3 rings (SSSR count). The Morgan fingerprint density at radius 1 is 1.27 bits per heavy atom. The summed E-state index contributed by atoms with van der Waals surface area (Å²) in [5, 5.41) is 9.53. The van der Waals surface area contributed by atoms with E-state index in [0.717, 1.165) is 29.8 Å². The molecule has 0 saturated carbocycles. The molecule has 114 valence electrons. The average molecular weight is 296 g/mol. The largest absolute Gasteiger partial charge is 0.480 e. The zero-order valence-corrected chi connectivity index (χ0v) is 12.6. The van der Waals surface area contributed by atoms with E-state index in [0.29, 0.717) is 6.42 Å². The van der Waals surface area contributed by atoms with Crippen molar-refractivity contribution >= 4 is 5.97 Å². The molecule has 1 aliphatic heterocycles. The quantitative estimate of drug-likeness (QED) is 0.942. The third kappa shape index (κ3) is 2.74. The highest BCUT2D eigenvalue weighted by atomic mass is 16.4. The maximum atomic E-state index is 11.6. The van der Waals surface area contributed by atoms with Gasteiger partial charge in [0, 0.05) is 12.7 Å². The van der Waals surface area contributed by atoms with E-state index in [1.807, 2.05) is 30.3 Å². The van der Waals surface area contributed by atoms with Crippen LogP contribution in [0.5, 0.6) is 0 Å². The second kappa shape index (κ2) is 6.28. The Morgan fingerprint density at radius 3 is 2.73 bits per heavy atom. The summed E-state index contributed by atoms with van der Waals surface area (Å²) in [5.74, 6) is -0.744. The van der Waals surface area contributed by atoms with Gasteiger partial charge in [-0.05, 0) is 43.0 Å². The van der Waals surface area contributed by atoms with Gasteiger partial charge >= 0.3 is 5.97 Å². The van der Waals surface area contributed by atoms with E-state index in [1.165, 1.54) is 0 Å². The fourth-order valence-electron chi connectivity index (χ4n) is 3.30. The van der Waals surface area contributed by atoms with Crippen molar-refractivity contribution in [2.75, 3.05) is 6.54 Å². The predicted molar refractivity (Wildman–Crippen MR) is 84.6 cm³/mol. The van der Waals surface area contributed by atoms with Crippen molar-refractivity contribution in [1.82, 2.24) is 9.88 Å². The van der Waals surface area contributed by atoms with E-state index in [4.69, 9.17) is 0 Å². The van der Waals surface area contributed by atoms with Crippen LogP contribution in [-0.2, 0) is 4.79 Å². The minimum Gasteiger partial charge on any atom is -0.480 e. The average Bonchev–Trinajstić information content (AvgIpc) is 3.00. The first-order valence-electron chi connectivity index (χ1n) is 7.63. The number of hydrogen-bond acceptors (Lipinski definition) is 3. The molecule has 2 unspecified atom stereocenters. The van der Waals surface area contributed by atoms with E-state index in [9.17, 15) is 9.90 Å². The standard InChI is InChI=1S/C18H20N2O2/c1-13-7-2-3-8-14(13)17(15-9-4-5-11-19-15)20-12-6-10-16(20)18(21)22/h2-5,7-9,11,16-17H,6,10,12H2,1H3,(H,21,22). The number of pyridine rings is 1. The number of aromatic nitrogens is 1. The Morgan fingerprint density at radius 2 is 2.05 bits per heavy atom. The van der Waals surface area contributed by atoms with E-state index in [1.54, 1.807) is 6.20 Å². The maximum Gasteiger partial charge on any atom is 0.320 e. The number of aliphatic carboxylic acids is 1. The van der Waals surface area contributed by atoms with Gasteiger partial charge in [0.05, 0.1) is 11.7 Å². The Balaban J connectivity index is 2.08. The number of carboxylic acids is 1. The SMILES string of the molecule is Cc1ccccc1C(c1ccccn1)N1CCCC1C(=O)O. The summed E-state index contributed by atoms with van der Waals surface area (Å²) in [4.78, 5) is 18.2. The number of hydrogen-bond donors (Lipinski definition) is 1. The molecule has 1 aromatic heterocycles. The summed E-state index contributed by atoms with van der Waals surface area (Å²) in [6.45, 7) is 2.85. The van der Waals surface area contributed by atoms with Crippen LogP contribution in [0.4, 0.5) is 0 Å². The third-order valence-electron chi connectivity index (χ3n) is 4.36. The normalized spacial score (nSPS) is 20.0. The highest BCUT2D eigenvalue weighted by Crippen LogP contribution is 2.35. The van der Waals surface area contributed by atoms with Crippen LogP contribution in [0.25, 0.3) is 0 Å². The molecule has 2 aromatic rings. The number of rotatable bonds is 4. The maximum absolute atomic E-state index is 11.6. The Hall–Kier alpha value is -2.20. The Labute approximate surface area is 130 Å². The van der Waals surface area contributed by atoms with Gasteiger partial charge in [-0.3, -0.25) is 14.7 Å². The van der Waals surface area contributed by atoms with Gasteiger partial charge in [-0.15, -0.1) is 0 Å². The van der Waals surface area contributed by atoms with Crippen LogP contribution in [-0.4, -0.2) is 33.5 Å². The molecule has 0 radical (unpaired) electrons.